The van der Waals surface area contributed by atoms with Gasteiger partial charge in [0.2, 0.25) is 0 Å². The summed E-state index contributed by atoms with van der Waals surface area (Å²) in [7, 11) is 1.83. The molecule has 0 fully saturated rings. The highest BCUT2D eigenvalue weighted by molar-refractivity contribution is 9.10. The minimum atomic E-state index is -0.588. The number of hydrogen-bond donors (Lipinski definition) is 1. The number of aromatic nitrogens is 2. The third-order valence-corrected chi connectivity index (χ3v) is 4.18. The summed E-state index contributed by atoms with van der Waals surface area (Å²) in [6.45, 7) is 0.524. The average Bonchev–Trinajstić information content (AvgIpc) is 2.77. The summed E-state index contributed by atoms with van der Waals surface area (Å²) in [5, 5.41) is 14.7. The van der Waals surface area contributed by atoms with Crippen LogP contribution in [0.2, 0.25) is 0 Å². The second-order valence-corrected chi connectivity index (χ2v) is 5.68. The number of fused-ring (bicyclic) bond motifs is 1. The molecular formula is C14H15BrN2O2. The van der Waals surface area contributed by atoms with E-state index in [4.69, 9.17) is 4.74 Å². The maximum Gasteiger partial charge on any atom is 0.122 e. The summed E-state index contributed by atoms with van der Waals surface area (Å²) in [4.78, 5) is 0. The Balaban J connectivity index is 1.85. The number of hydrogen-bond acceptors (Lipinski definition) is 3. The van der Waals surface area contributed by atoms with Gasteiger partial charge in [-0.05, 0) is 34.0 Å². The number of aliphatic hydroxyl groups excluding tert-OH is 1. The van der Waals surface area contributed by atoms with E-state index in [-0.39, 0.29) is 5.92 Å². The Bertz CT molecular complexity index is 577. The standard InChI is InChI=1S/C14H15BrN2O2/c1-17-13(11(15)7-16-17)14(18)10-6-9-4-2-3-5-12(9)19-8-10/h2-5,7,10,14,18H,6,8H2,1H3. The molecule has 1 aromatic heterocycles. The SMILES string of the molecule is Cn1ncc(Br)c1C(O)C1COc2ccccc2C1. The second-order valence-electron chi connectivity index (χ2n) is 4.83. The molecular weight excluding hydrogens is 308 g/mol. The van der Waals surface area contributed by atoms with E-state index in [1.807, 2.05) is 31.3 Å². The molecule has 0 radical (unpaired) electrons. The van der Waals surface area contributed by atoms with Crippen LogP contribution in [-0.4, -0.2) is 21.5 Å². The van der Waals surface area contributed by atoms with Gasteiger partial charge in [-0.25, -0.2) is 0 Å². The van der Waals surface area contributed by atoms with Crippen LogP contribution in [-0.2, 0) is 13.5 Å². The van der Waals surface area contributed by atoms with Crippen LogP contribution in [0.25, 0.3) is 0 Å². The molecule has 0 saturated carbocycles. The molecule has 2 heterocycles. The van der Waals surface area contributed by atoms with E-state index in [9.17, 15) is 5.11 Å². The van der Waals surface area contributed by atoms with Crippen LogP contribution < -0.4 is 4.74 Å². The number of nitrogens with zero attached hydrogens (tertiary/aromatic N) is 2. The van der Waals surface area contributed by atoms with Gasteiger partial charge >= 0.3 is 0 Å². The monoisotopic (exact) mass is 322 g/mol. The zero-order valence-corrected chi connectivity index (χ0v) is 12.2. The van der Waals surface area contributed by atoms with Crippen molar-refractivity contribution in [3.8, 4) is 5.75 Å². The summed E-state index contributed by atoms with van der Waals surface area (Å²) >= 11 is 3.43. The molecule has 1 N–H and O–H groups in total. The zero-order chi connectivity index (χ0) is 13.4. The predicted octanol–water partition coefficient (Wildman–Crippen LogP) is 2.47. The smallest absolute Gasteiger partial charge is 0.122 e. The number of aryl methyl sites for hydroxylation is 1. The second kappa shape index (κ2) is 4.98. The molecule has 100 valence electrons. The maximum absolute atomic E-state index is 10.6. The highest BCUT2D eigenvalue weighted by atomic mass is 79.9. The first-order valence-electron chi connectivity index (χ1n) is 6.23. The molecule has 1 aromatic carbocycles. The van der Waals surface area contributed by atoms with Gasteiger partial charge < -0.3 is 9.84 Å². The summed E-state index contributed by atoms with van der Waals surface area (Å²) in [6, 6.07) is 7.98. The number of aliphatic hydroxyl groups is 1. The predicted molar refractivity (Wildman–Crippen MR) is 75.0 cm³/mol. The van der Waals surface area contributed by atoms with Crippen LogP contribution in [0.5, 0.6) is 5.75 Å². The van der Waals surface area contributed by atoms with Crippen LogP contribution in [0.3, 0.4) is 0 Å². The van der Waals surface area contributed by atoms with E-state index in [1.54, 1.807) is 10.9 Å². The number of rotatable bonds is 2. The van der Waals surface area contributed by atoms with Crippen molar-refractivity contribution in [3.05, 3.63) is 46.2 Å². The number of ether oxygens (including phenoxy) is 1. The summed E-state index contributed by atoms with van der Waals surface area (Å²) < 4.78 is 8.27. The molecule has 1 aliphatic rings. The van der Waals surface area contributed by atoms with Gasteiger partial charge in [-0.1, -0.05) is 18.2 Å². The minimum absolute atomic E-state index is 0.0431. The van der Waals surface area contributed by atoms with Gasteiger partial charge in [0, 0.05) is 13.0 Å². The number of para-hydroxylation sites is 1. The molecule has 4 nitrogen and oxygen atoms in total. The van der Waals surface area contributed by atoms with Crippen molar-refractivity contribution in [2.45, 2.75) is 12.5 Å². The van der Waals surface area contributed by atoms with Crippen LogP contribution in [0, 0.1) is 5.92 Å². The molecule has 0 bridgehead atoms. The normalized spacial score (nSPS) is 19.6. The minimum Gasteiger partial charge on any atom is -0.493 e. The van der Waals surface area contributed by atoms with Crippen LogP contribution in [0.1, 0.15) is 17.4 Å². The van der Waals surface area contributed by atoms with Crippen molar-refractivity contribution in [3.63, 3.8) is 0 Å². The van der Waals surface area contributed by atoms with Crippen LogP contribution in [0.4, 0.5) is 0 Å². The Morgan fingerprint density at radius 2 is 2.26 bits per heavy atom. The maximum atomic E-state index is 10.6. The Morgan fingerprint density at radius 1 is 1.47 bits per heavy atom. The summed E-state index contributed by atoms with van der Waals surface area (Å²) in [5.41, 5.74) is 1.95. The molecule has 0 aliphatic carbocycles. The van der Waals surface area contributed by atoms with E-state index in [0.29, 0.717) is 6.61 Å². The molecule has 1 aliphatic heterocycles. The molecule has 2 unspecified atom stereocenters. The van der Waals surface area contributed by atoms with Crippen molar-refractivity contribution in [2.24, 2.45) is 13.0 Å². The van der Waals surface area contributed by atoms with Gasteiger partial charge in [-0.3, -0.25) is 4.68 Å². The Morgan fingerprint density at radius 3 is 3.00 bits per heavy atom. The highest BCUT2D eigenvalue weighted by Gasteiger charge is 2.30. The molecule has 5 heteroatoms. The molecule has 19 heavy (non-hydrogen) atoms. The van der Waals surface area contributed by atoms with Gasteiger partial charge in [0.25, 0.3) is 0 Å². The van der Waals surface area contributed by atoms with Gasteiger partial charge in [-0.2, -0.15) is 5.10 Å². The molecule has 2 aromatic rings. The van der Waals surface area contributed by atoms with Crippen molar-refractivity contribution in [1.82, 2.24) is 9.78 Å². The van der Waals surface area contributed by atoms with Gasteiger partial charge in [0.05, 0.1) is 23.0 Å². The van der Waals surface area contributed by atoms with Crippen molar-refractivity contribution < 1.29 is 9.84 Å². The lowest BCUT2D eigenvalue weighted by molar-refractivity contribution is 0.0581. The fourth-order valence-corrected chi connectivity index (χ4v) is 3.11. The quantitative estimate of drug-likeness (QED) is 0.924. The fraction of sp³-hybridized carbons (Fsp3) is 0.357. The third kappa shape index (κ3) is 2.28. The third-order valence-electron chi connectivity index (χ3n) is 3.57. The first-order valence-corrected chi connectivity index (χ1v) is 7.02. The van der Waals surface area contributed by atoms with E-state index < -0.39 is 6.10 Å². The van der Waals surface area contributed by atoms with Gasteiger partial charge in [0.1, 0.15) is 11.9 Å². The van der Waals surface area contributed by atoms with Crippen molar-refractivity contribution in [2.75, 3.05) is 6.61 Å². The van der Waals surface area contributed by atoms with Gasteiger partial charge in [0.15, 0.2) is 0 Å². The largest absolute Gasteiger partial charge is 0.493 e. The zero-order valence-electron chi connectivity index (χ0n) is 10.6. The number of benzene rings is 1. The summed E-state index contributed by atoms with van der Waals surface area (Å²) in [6.07, 6.45) is 1.93. The van der Waals surface area contributed by atoms with E-state index in [0.717, 1.165) is 27.9 Å². The molecule has 0 amide bonds. The molecule has 3 rings (SSSR count). The Kier molecular flexibility index (Phi) is 3.33. The Labute approximate surface area is 120 Å². The lowest BCUT2D eigenvalue weighted by Crippen LogP contribution is -2.28. The van der Waals surface area contributed by atoms with Crippen LogP contribution in [0.15, 0.2) is 34.9 Å². The number of halogens is 1. The van der Waals surface area contributed by atoms with Crippen LogP contribution >= 0.6 is 15.9 Å². The van der Waals surface area contributed by atoms with Crippen molar-refractivity contribution >= 4 is 15.9 Å². The van der Waals surface area contributed by atoms with Gasteiger partial charge in [-0.15, -0.1) is 0 Å². The van der Waals surface area contributed by atoms with E-state index >= 15 is 0 Å². The fourth-order valence-electron chi connectivity index (χ4n) is 2.53. The van der Waals surface area contributed by atoms with E-state index in [1.165, 1.54) is 0 Å². The Hall–Kier alpha value is -1.33. The lowest BCUT2D eigenvalue weighted by Gasteiger charge is -2.29. The first-order chi connectivity index (χ1) is 9.16. The highest BCUT2D eigenvalue weighted by Crippen LogP contribution is 2.35. The lowest BCUT2D eigenvalue weighted by atomic mass is 9.90. The molecule has 0 saturated heterocycles. The molecule has 2 atom stereocenters. The molecule has 0 spiro atoms. The summed E-state index contributed by atoms with van der Waals surface area (Å²) in [5.74, 6) is 0.969. The average molecular weight is 323 g/mol. The first kappa shape index (κ1) is 12.7. The topological polar surface area (TPSA) is 47.3 Å². The van der Waals surface area contributed by atoms with Crippen molar-refractivity contribution in [1.29, 1.82) is 0 Å². The van der Waals surface area contributed by atoms with E-state index in [2.05, 4.69) is 21.0 Å².